The predicted octanol–water partition coefficient (Wildman–Crippen LogP) is 4.85. The van der Waals surface area contributed by atoms with Crippen molar-refractivity contribution in [3.8, 4) is 11.3 Å². The molecule has 4 heterocycles. The zero-order valence-corrected chi connectivity index (χ0v) is 25.1. The van der Waals surface area contributed by atoms with E-state index in [0.29, 0.717) is 22.0 Å². The maximum Gasteiger partial charge on any atom is 0.290 e. The number of likely N-dealkylation sites (tertiary alicyclic amines) is 1. The molecule has 4 aromatic rings. The molecule has 0 radical (unpaired) electrons. The monoisotopic (exact) mass is 591 g/mol. The topological polar surface area (TPSA) is 106 Å². The number of halogens is 1. The van der Waals surface area contributed by atoms with Crippen molar-refractivity contribution in [1.82, 2.24) is 24.5 Å². The fourth-order valence-electron chi connectivity index (χ4n) is 5.71. The van der Waals surface area contributed by atoms with Crippen molar-refractivity contribution in [3.63, 3.8) is 0 Å². The Bertz CT molecular complexity index is 1740. The minimum atomic E-state index is -0.571. The molecule has 10 nitrogen and oxygen atoms in total. The first-order chi connectivity index (χ1) is 20.0. The summed E-state index contributed by atoms with van der Waals surface area (Å²) in [5.74, 6) is -0.409. The van der Waals surface area contributed by atoms with Crippen LogP contribution in [0.25, 0.3) is 11.3 Å². The number of amides is 1. The zero-order valence-electron chi connectivity index (χ0n) is 24.3. The number of hydrogen-bond acceptors (Lipinski definition) is 8. The summed E-state index contributed by atoms with van der Waals surface area (Å²) in [6, 6.07) is 9.76. The van der Waals surface area contributed by atoms with Crippen molar-refractivity contribution in [2.45, 2.75) is 39.3 Å². The van der Waals surface area contributed by atoms with Crippen LogP contribution in [-0.2, 0) is 31.8 Å². The lowest BCUT2D eigenvalue weighted by Gasteiger charge is -2.30. The minimum absolute atomic E-state index is 0.0280. The van der Waals surface area contributed by atoms with Crippen molar-refractivity contribution in [1.29, 1.82) is 0 Å². The number of carbonyl (C=O) groups is 1. The summed E-state index contributed by atoms with van der Waals surface area (Å²) < 4.78 is 23.6. The van der Waals surface area contributed by atoms with Gasteiger partial charge in [0.2, 0.25) is 0 Å². The number of nitrogens with zero attached hydrogens (tertiary/aromatic N) is 5. The second kappa shape index (κ2) is 10.8. The summed E-state index contributed by atoms with van der Waals surface area (Å²) in [6.07, 6.45) is 1.93. The summed E-state index contributed by atoms with van der Waals surface area (Å²) in [5.41, 5.74) is 2.98. The number of thiophene rings is 1. The Labute approximate surface area is 247 Å². The van der Waals surface area contributed by atoms with Gasteiger partial charge in [0, 0.05) is 44.3 Å². The quantitative estimate of drug-likeness (QED) is 0.302. The Hall–Kier alpha value is -3.87. The minimum Gasteiger partial charge on any atom is -0.376 e. The molecular weight excluding hydrogens is 557 g/mol. The number of aromatic nitrogens is 4. The largest absolute Gasteiger partial charge is 0.376 e. The lowest BCUT2D eigenvalue weighted by Crippen LogP contribution is -2.36. The second-order valence-electron chi connectivity index (χ2n) is 11.7. The smallest absolute Gasteiger partial charge is 0.290 e. The van der Waals surface area contributed by atoms with Gasteiger partial charge in [0.15, 0.2) is 5.82 Å². The van der Waals surface area contributed by atoms with E-state index in [-0.39, 0.29) is 28.5 Å². The van der Waals surface area contributed by atoms with E-state index >= 15 is 0 Å². The third-order valence-electron chi connectivity index (χ3n) is 8.06. The first-order valence-corrected chi connectivity index (χ1v) is 14.7. The number of methoxy groups -OCH3 is 1. The van der Waals surface area contributed by atoms with E-state index in [1.165, 1.54) is 34.6 Å². The molecule has 220 valence electrons. The Morgan fingerprint density at radius 3 is 2.62 bits per heavy atom. The average Bonchev–Trinajstić information content (AvgIpc) is 3.54. The average molecular weight is 592 g/mol. The normalized spacial score (nSPS) is 17.6. The van der Waals surface area contributed by atoms with Crippen molar-refractivity contribution >= 4 is 34.4 Å². The molecule has 0 unspecified atom stereocenters. The summed E-state index contributed by atoms with van der Waals surface area (Å²) >= 11 is 1.41. The third kappa shape index (κ3) is 5.25. The molecular formula is C30H34FN7O3S. The molecule has 3 aromatic heterocycles. The number of aryl methyl sites for hydroxylation is 2. The van der Waals surface area contributed by atoms with Crippen molar-refractivity contribution in [3.05, 3.63) is 73.6 Å². The highest BCUT2D eigenvalue weighted by molar-refractivity contribution is 7.14. The molecule has 6 rings (SSSR count). The fraction of sp³-hybridized carbons (Fsp3) is 0.400. The fourth-order valence-corrected chi connectivity index (χ4v) is 7.04. The van der Waals surface area contributed by atoms with E-state index in [0.717, 1.165) is 42.2 Å². The standard InChI is InChI=1S/C30H34FN7O3S/c1-30(2)15-25-19(27(30)41-5)13-24(42-25)28(39)33-22-11-17(7-8-20(22)31)21-14-23(29(40)37(4)34-21)32-26-12-18(36(3)35-26)16-38-9-6-10-38/h7-8,11-14,27H,6,9-10,15-16H2,1-5H3,(H,32,35)(H,33,39)/t27-/m0/s1. The number of benzene rings is 1. The van der Waals surface area contributed by atoms with E-state index in [1.807, 2.05) is 19.2 Å². The number of hydrogen-bond donors (Lipinski definition) is 2. The van der Waals surface area contributed by atoms with Gasteiger partial charge in [-0.3, -0.25) is 19.2 Å². The molecule has 1 aromatic carbocycles. The van der Waals surface area contributed by atoms with Gasteiger partial charge in [-0.25, -0.2) is 9.07 Å². The highest BCUT2D eigenvalue weighted by Crippen LogP contribution is 2.50. The lowest BCUT2D eigenvalue weighted by molar-refractivity contribution is 0.0190. The van der Waals surface area contributed by atoms with Crippen molar-refractivity contribution < 1.29 is 13.9 Å². The summed E-state index contributed by atoms with van der Waals surface area (Å²) in [7, 11) is 5.11. The van der Waals surface area contributed by atoms with Crippen LogP contribution in [0.2, 0.25) is 0 Å². The Balaban J connectivity index is 1.23. The van der Waals surface area contributed by atoms with Crippen molar-refractivity contribution in [2.75, 3.05) is 30.8 Å². The molecule has 2 N–H and O–H groups in total. The van der Waals surface area contributed by atoms with Crippen molar-refractivity contribution in [2.24, 2.45) is 19.5 Å². The Kier molecular flexibility index (Phi) is 7.24. The van der Waals surface area contributed by atoms with Gasteiger partial charge in [0.1, 0.15) is 11.5 Å². The van der Waals surface area contributed by atoms with Crippen LogP contribution in [0.4, 0.5) is 21.6 Å². The van der Waals surface area contributed by atoms with E-state index in [9.17, 15) is 14.0 Å². The predicted molar refractivity (Wildman–Crippen MR) is 161 cm³/mol. The van der Waals surface area contributed by atoms with Gasteiger partial charge in [0.05, 0.1) is 28.1 Å². The van der Waals surface area contributed by atoms with Gasteiger partial charge in [-0.2, -0.15) is 10.2 Å². The lowest BCUT2D eigenvalue weighted by atomic mass is 9.87. The van der Waals surface area contributed by atoms with E-state index < -0.39 is 11.7 Å². The van der Waals surface area contributed by atoms with Gasteiger partial charge in [-0.15, -0.1) is 11.3 Å². The molecule has 0 spiro atoms. The maximum absolute atomic E-state index is 14.9. The van der Waals surface area contributed by atoms with Gasteiger partial charge < -0.3 is 15.4 Å². The number of ether oxygens (including phenoxy) is 1. The van der Waals surface area contributed by atoms with Crippen LogP contribution >= 0.6 is 11.3 Å². The van der Waals surface area contributed by atoms with Gasteiger partial charge >= 0.3 is 0 Å². The van der Waals surface area contributed by atoms with Crippen LogP contribution in [0.3, 0.4) is 0 Å². The molecule has 0 saturated carbocycles. The summed E-state index contributed by atoms with van der Waals surface area (Å²) in [6.45, 7) is 7.23. The van der Waals surface area contributed by atoms with Gasteiger partial charge in [0.25, 0.3) is 11.5 Å². The highest BCUT2D eigenvalue weighted by Gasteiger charge is 2.41. The molecule has 1 atom stereocenters. The van der Waals surface area contributed by atoms with Crippen LogP contribution in [0, 0.1) is 11.2 Å². The second-order valence-corrected chi connectivity index (χ2v) is 12.8. The molecule has 2 aliphatic rings. The van der Waals surface area contributed by atoms with Gasteiger partial charge in [-0.05, 0) is 67.2 Å². The molecule has 1 amide bonds. The summed E-state index contributed by atoms with van der Waals surface area (Å²) in [5, 5.41) is 14.8. The van der Waals surface area contributed by atoms with Crippen LogP contribution in [-0.4, -0.2) is 50.6 Å². The SMILES string of the molecule is CO[C@H]1c2cc(C(=O)Nc3cc(-c4cc(Nc5cc(CN6CCC6)n(C)n5)c(=O)n(C)n4)ccc3F)sc2CC1(C)C. The number of fused-ring (bicyclic) bond motifs is 1. The molecule has 42 heavy (non-hydrogen) atoms. The van der Waals surface area contributed by atoms with E-state index in [2.05, 4.69) is 39.6 Å². The molecule has 1 saturated heterocycles. The molecule has 1 aliphatic carbocycles. The first-order valence-electron chi connectivity index (χ1n) is 13.9. The summed E-state index contributed by atoms with van der Waals surface area (Å²) in [4.78, 5) is 30.0. The zero-order chi connectivity index (χ0) is 29.8. The van der Waals surface area contributed by atoms with Gasteiger partial charge in [-0.1, -0.05) is 13.8 Å². The molecule has 1 aliphatic heterocycles. The Morgan fingerprint density at radius 1 is 1.12 bits per heavy atom. The van der Waals surface area contributed by atoms with Crippen LogP contribution < -0.4 is 16.2 Å². The number of nitrogens with one attached hydrogen (secondary N) is 2. The van der Waals surface area contributed by atoms with Crippen LogP contribution in [0.1, 0.15) is 52.2 Å². The Morgan fingerprint density at radius 2 is 1.90 bits per heavy atom. The van der Waals surface area contributed by atoms with Crippen LogP contribution in [0.5, 0.6) is 0 Å². The first kappa shape index (κ1) is 28.3. The molecule has 1 fully saturated rings. The number of carbonyl (C=O) groups excluding carboxylic acids is 1. The highest BCUT2D eigenvalue weighted by atomic mass is 32.1. The third-order valence-corrected chi connectivity index (χ3v) is 9.21. The van der Waals surface area contributed by atoms with Crippen LogP contribution in [0.15, 0.2) is 41.2 Å². The maximum atomic E-state index is 14.9. The molecule has 12 heteroatoms. The van der Waals surface area contributed by atoms with E-state index in [1.54, 1.807) is 31.0 Å². The van der Waals surface area contributed by atoms with E-state index in [4.69, 9.17) is 4.74 Å². The number of anilines is 3. The molecule has 0 bridgehead atoms. The number of rotatable bonds is 8.